The van der Waals surface area contributed by atoms with Crippen molar-refractivity contribution in [3.05, 3.63) is 23.0 Å². The molecule has 1 aromatic rings. The fraction of sp³-hybridized carbons (Fsp3) is 0.625. The Morgan fingerprint density at radius 1 is 1.29 bits per heavy atom. The van der Waals surface area contributed by atoms with E-state index in [-0.39, 0.29) is 17.5 Å². The number of esters is 1. The highest BCUT2D eigenvalue weighted by molar-refractivity contribution is 7.91. The highest BCUT2D eigenvalue weighted by Gasteiger charge is 2.30. The first-order chi connectivity index (χ1) is 11.3. The van der Waals surface area contributed by atoms with Crippen molar-refractivity contribution in [1.29, 1.82) is 0 Å². The largest absolute Gasteiger partial charge is 0.452 e. The lowest BCUT2D eigenvalue weighted by molar-refractivity contribution is -0.124. The molecular formula is C16H22N2O5S. The molecule has 1 saturated heterocycles. The van der Waals surface area contributed by atoms with E-state index >= 15 is 0 Å². The van der Waals surface area contributed by atoms with E-state index in [1.165, 1.54) is 0 Å². The molecule has 0 spiro atoms. The van der Waals surface area contributed by atoms with E-state index in [0.717, 1.165) is 24.2 Å². The minimum absolute atomic E-state index is 0.0464. The number of hydrogen-bond acceptors (Lipinski definition) is 5. The van der Waals surface area contributed by atoms with Gasteiger partial charge in [0, 0.05) is 23.5 Å². The Hall–Kier alpha value is -1.83. The molecule has 3 rings (SSSR count). The van der Waals surface area contributed by atoms with Crippen LogP contribution in [-0.4, -0.2) is 49.0 Å². The van der Waals surface area contributed by atoms with Crippen LogP contribution in [0.2, 0.25) is 0 Å². The summed E-state index contributed by atoms with van der Waals surface area (Å²) in [5.41, 5.74) is 2.36. The number of sulfone groups is 1. The predicted molar refractivity (Wildman–Crippen MR) is 87.7 cm³/mol. The zero-order chi connectivity index (χ0) is 17.5. The molecule has 7 nitrogen and oxygen atoms in total. The maximum atomic E-state index is 12.2. The standard InChI is InChI=1S/C16H22N2O5S/c1-10-7-14(11(2)18(10)13-3-4-13)16(20)23-8-15(19)17-12-5-6-24(21,22)9-12/h7,12-13H,3-6,8-9H2,1-2H3,(H,17,19)/t12-/m1/s1. The molecule has 1 atom stereocenters. The zero-order valence-corrected chi connectivity index (χ0v) is 14.7. The van der Waals surface area contributed by atoms with Crippen molar-refractivity contribution in [3.8, 4) is 0 Å². The van der Waals surface area contributed by atoms with E-state index in [0.29, 0.717) is 18.0 Å². The van der Waals surface area contributed by atoms with E-state index in [1.807, 2.05) is 13.8 Å². The molecule has 1 amide bonds. The van der Waals surface area contributed by atoms with E-state index in [2.05, 4.69) is 9.88 Å². The summed E-state index contributed by atoms with van der Waals surface area (Å²) in [7, 11) is -3.05. The smallest absolute Gasteiger partial charge is 0.340 e. The van der Waals surface area contributed by atoms with E-state index in [1.54, 1.807) is 6.07 Å². The normalized spacial score (nSPS) is 22.3. The van der Waals surface area contributed by atoms with Crippen molar-refractivity contribution in [3.63, 3.8) is 0 Å². The highest BCUT2D eigenvalue weighted by atomic mass is 32.2. The van der Waals surface area contributed by atoms with Gasteiger partial charge in [-0.05, 0) is 39.2 Å². The molecule has 2 heterocycles. The lowest BCUT2D eigenvalue weighted by Crippen LogP contribution is -2.38. The predicted octanol–water partition coefficient (Wildman–Crippen LogP) is 0.900. The summed E-state index contributed by atoms with van der Waals surface area (Å²) in [4.78, 5) is 24.0. The quantitative estimate of drug-likeness (QED) is 0.793. The number of hydrogen-bond donors (Lipinski definition) is 1. The molecule has 24 heavy (non-hydrogen) atoms. The summed E-state index contributed by atoms with van der Waals surface area (Å²) in [5.74, 6) is -0.953. The molecule has 132 valence electrons. The molecule has 1 aliphatic carbocycles. The van der Waals surface area contributed by atoms with Gasteiger partial charge in [-0.15, -0.1) is 0 Å². The van der Waals surface area contributed by atoms with Crippen LogP contribution in [0, 0.1) is 13.8 Å². The van der Waals surface area contributed by atoms with Crippen LogP contribution in [0.4, 0.5) is 0 Å². The third-order valence-electron chi connectivity index (χ3n) is 4.55. The summed E-state index contributed by atoms with van der Waals surface area (Å²) < 4.78 is 30.0. The summed E-state index contributed by atoms with van der Waals surface area (Å²) in [6.45, 7) is 3.43. The Morgan fingerprint density at radius 2 is 2.00 bits per heavy atom. The molecule has 1 aromatic heterocycles. The first kappa shape index (κ1) is 17.0. The van der Waals surface area contributed by atoms with Gasteiger partial charge in [-0.2, -0.15) is 0 Å². The second-order valence-corrected chi connectivity index (χ2v) is 8.86. The van der Waals surface area contributed by atoms with Crippen LogP contribution < -0.4 is 5.32 Å². The monoisotopic (exact) mass is 354 g/mol. The van der Waals surface area contributed by atoms with Crippen molar-refractivity contribution >= 4 is 21.7 Å². The Kier molecular flexibility index (Phi) is 4.42. The molecule has 2 aliphatic rings. The number of ether oxygens (including phenoxy) is 1. The number of aryl methyl sites for hydroxylation is 1. The maximum Gasteiger partial charge on any atom is 0.340 e. The molecule has 0 radical (unpaired) electrons. The number of rotatable bonds is 5. The second kappa shape index (κ2) is 6.23. The number of carbonyl (C=O) groups excluding carboxylic acids is 2. The lowest BCUT2D eigenvalue weighted by Gasteiger charge is -2.11. The molecule has 8 heteroatoms. The molecule has 1 N–H and O–H groups in total. The average Bonchev–Trinajstić information content (AvgIpc) is 3.20. The van der Waals surface area contributed by atoms with Gasteiger partial charge in [0.05, 0.1) is 17.1 Å². The lowest BCUT2D eigenvalue weighted by atomic mass is 10.2. The molecule has 0 unspecified atom stereocenters. The van der Waals surface area contributed by atoms with Crippen molar-refractivity contribution in [2.24, 2.45) is 0 Å². The van der Waals surface area contributed by atoms with Crippen molar-refractivity contribution in [2.75, 3.05) is 18.1 Å². The summed E-state index contributed by atoms with van der Waals surface area (Å²) >= 11 is 0. The van der Waals surface area contributed by atoms with Crippen LogP contribution in [0.1, 0.15) is 47.1 Å². The van der Waals surface area contributed by atoms with Gasteiger partial charge in [-0.25, -0.2) is 13.2 Å². The van der Waals surface area contributed by atoms with Crippen LogP contribution in [-0.2, 0) is 19.4 Å². The van der Waals surface area contributed by atoms with E-state index < -0.39 is 28.3 Å². The Labute approximate surface area is 141 Å². The van der Waals surface area contributed by atoms with Crippen LogP contribution in [0.5, 0.6) is 0 Å². The summed E-state index contributed by atoms with van der Waals surface area (Å²) in [6.07, 6.45) is 2.65. The van der Waals surface area contributed by atoms with Gasteiger partial charge in [0.1, 0.15) is 0 Å². The van der Waals surface area contributed by atoms with Crippen LogP contribution in [0.3, 0.4) is 0 Å². The average molecular weight is 354 g/mol. The molecule has 0 aromatic carbocycles. The fourth-order valence-corrected chi connectivity index (χ4v) is 4.94. The fourth-order valence-electron chi connectivity index (χ4n) is 3.27. The van der Waals surface area contributed by atoms with Crippen LogP contribution >= 0.6 is 0 Å². The van der Waals surface area contributed by atoms with Crippen LogP contribution in [0.15, 0.2) is 6.07 Å². The van der Waals surface area contributed by atoms with Gasteiger partial charge in [-0.3, -0.25) is 4.79 Å². The van der Waals surface area contributed by atoms with Crippen molar-refractivity contribution in [1.82, 2.24) is 9.88 Å². The zero-order valence-electron chi connectivity index (χ0n) is 13.9. The number of carbonyl (C=O) groups is 2. The SMILES string of the molecule is Cc1cc(C(=O)OCC(=O)N[C@@H]2CCS(=O)(=O)C2)c(C)n1C1CC1. The Morgan fingerprint density at radius 3 is 2.58 bits per heavy atom. The Balaban J connectivity index is 1.54. The van der Waals surface area contributed by atoms with Gasteiger partial charge >= 0.3 is 5.97 Å². The summed E-state index contributed by atoms with van der Waals surface area (Å²) in [6, 6.07) is 1.87. The number of nitrogens with one attached hydrogen (secondary N) is 1. The Bertz CT molecular complexity index is 777. The minimum atomic E-state index is -3.05. The minimum Gasteiger partial charge on any atom is -0.452 e. The number of aromatic nitrogens is 1. The van der Waals surface area contributed by atoms with Crippen LogP contribution in [0.25, 0.3) is 0 Å². The third kappa shape index (κ3) is 3.63. The molecule has 1 aliphatic heterocycles. The molecule has 1 saturated carbocycles. The first-order valence-electron chi connectivity index (χ1n) is 8.12. The van der Waals surface area contributed by atoms with Gasteiger partial charge in [0.15, 0.2) is 16.4 Å². The second-order valence-electron chi connectivity index (χ2n) is 6.63. The van der Waals surface area contributed by atoms with E-state index in [9.17, 15) is 18.0 Å². The highest BCUT2D eigenvalue weighted by Crippen LogP contribution is 2.38. The third-order valence-corrected chi connectivity index (χ3v) is 6.32. The van der Waals surface area contributed by atoms with E-state index in [4.69, 9.17) is 4.74 Å². The number of nitrogens with zero attached hydrogens (tertiary/aromatic N) is 1. The maximum absolute atomic E-state index is 12.2. The number of amides is 1. The topological polar surface area (TPSA) is 94.5 Å². The van der Waals surface area contributed by atoms with Crippen molar-refractivity contribution in [2.45, 2.75) is 45.2 Å². The van der Waals surface area contributed by atoms with Gasteiger partial charge in [-0.1, -0.05) is 0 Å². The van der Waals surface area contributed by atoms with Gasteiger partial charge < -0.3 is 14.6 Å². The van der Waals surface area contributed by atoms with Gasteiger partial charge in [0.2, 0.25) is 0 Å². The van der Waals surface area contributed by atoms with Crippen molar-refractivity contribution < 1.29 is 22.7 Å². The summed E-state index contributed by atoms with van der Waals surface area (Å²) in [5, 5.41) is 2.60. The molecule has 2 fully saturated rings. The van der Waals surface area contributed by atoms with Gasteiger partial charge in [0.25, 0.3) is 5.91 Å². The molecular weight excluding hydrogens is 332 g/mol. The first-order valence-corrected chi connectivity index (χ1v) is 9.94. The molecule has 0 bridgehead atoms.